The van der Waals surface area contributed by atoms with E-state index in [1.165, 1.54) is 0 Å². The Morgan fingerprint density at radius 1 is 1.36 bits per heavy atom. The zero-order chi connectivity index (χ0) is 16.4. The summed E-state index contributed by atoms with van der Waals surface area (Å²) in [5.74, 6) is 0. The summed E-state index contributed by atoms with van der Waals surface area (Å²) in [7, 11) is 0. The zero-order valence-corrected chi connectivity index (χ0v) is 13.7. The van der Waals surface area contributed by atoms with Gasteiger partial charge in [0.05, 0.1) is 11.8 Å². The Bertz CT molecular complexity index is 518. The first-order valence-corrected chi connectivity index (χ1v) is 7.51. The van der Waals surface area contributed by atoms with Gasteiger partial charge in [0.15, 0.2) is 5.11 Å². The molecule has 1 amide bonds. The van der Waals surface area contributed by atoms with Gasteiger partial charge >= 0.3 is 6.09 Å². The van der Waals surface area contributed by atoms with Crippen molar-refractivity contribution in [3.8, 4) is 0 Å². The summed E-state index contributed by atoms with van der Waals surface area (Å²) in [4.78, 5) is 11.4. The Morgan fingerprint density at radius 3 is 2.64 bits per heavy atom. The molecule has 0 aliphatic carbocycles. The lowest BCUT2D eigenvalue weighted by atomic mass is 10.1. The lowest BCUT2D eigenvalue weighted by molar-refractivity contribution is 0.115. The molecule has 0 saturated heterocycles. The third-order valence-corrected chi connectivity index (χ3v) is 2.70. The molecule has 0 atom stereocenters. The van der Waals surface area contributed by atoms with Gasteiger partial charge in [-0.3, -0.25) is 5.43 Å². The highest BCUT2D eigenvalue weighted by molar-refractivity contribution is 7.80. The van der Waals surface area contributed by atoms with Crippen molar-refractivity contribution in [1.29, 1.82) is 0 Å². The fourth-order valence-electron chi connectivity index (χ4n) is 1.72. The molecular formula is C15H22N4O2S. The van der Waals surface area contributed by atoms with E-state index >= 15 is 0 Å². The number of amides is 1. The largest absolute Gasteiger partial charge is 0.447 e. The number of hydrogen-bond acceptors (Lipinski definition) is 4. The molecule has 4 N–H and O–H groups in total. The highest BCUT2D eigenvalue weighted by Gasteiger charge is 2.06. The summed E-state index contributed by atoms with van der Waals surface area (Å²) in [5.41, 5.74) is 9.81. The summed E-state index contributed by atoms with van der Waals surface area (Å²) in [6.07, 6.45) is 0.854. The quantitative estimate of drug-likeness (QED) is 0.310. The number of nitrogens with two attached hydrogens (primary N) is 1. The second-order valence-corrected chi connectivity index (χ2v) is 5.32. The molecule has 0 bridgehead atoms. The number of alkyl carbamates (subject to hydrolysis) is 1. The van der Waals surface area contributed by atoms with Gasteiger partial charge < -0.3 is 15.8 Å². The Kier molecular flexibility index (Phi) is 7.91. The smallest absolute Gasteiger partial charge is 0.407 e. The average Bonchev–Trinajstić information content (AvgIpc) is 2.46. The van der Waals surface area contributed by atoms with E-state index in [-0.39, 0.29) is 11.2 Å². The molecule has 1 aromatic carbocycles. The summed E-state index contributed by atoms with van der Waals surface area (Å²) in [5, 5.41) is 7.03. The molecule has 0 aliphatic heterocycles. The Labute approximate surface area is 136 Å². The Morgan fingerprint density at radius 2 is 2.05 bits per heavy atom. The number of rotatable bonds is 7. The Hall–Kier alpha value is -2.15. The number of benzene rings is 1. The fraction of sp³-hybridized carbons (Fsp3) is 0.400. The summed E-state index contributed by atoms with van der Waals surface area (Å²) >= 11 is 4.76. The molecule has 0 unspecified atom stereocenters. The van der Waals surface area contributed by atoms with E-state index < -0.39 is 6.09 Å². The molecule has 0 aliphatic rings. The van der Waals surface area contributed by atoms with Crippen molar-refractivity contribution in [2.75, 3.05) is 6.54 Å². The molecule has 22 heavy (non-hydrogen) atoms. The summed E-state index contributed by atoms with van der Waals surface area (Å²) < 4.78 is 4.99. The van der Waals surface area contributed by atoms with Crippen molar-refractivity contribution >= 4 is 29.1 Å². The SMILES string of the molecule is CC(C)OC(=O)NCCCC(=NNC(N)=S)c1ccccc1. The number of carbonyl (C=O) groups is 1. The predicted octanol–water partition coefficient (Wildman–Crippen LogP) is 2.14. The summed E-state index contributed by atoms with van der Waals surface area (Å²) in [6, 6.07) is 9.72. The first-order valence-electron chi connectivity index (χ1n) is 7.11. The first-order chi connectivity index (χ1) is 10.5. The number of nitrogens with zero attached hydrogens (tertiary/aromatic N) is 1. The normalized spacial score (nSPS) is 11.1. The lowest BCUT2D eigenvalue weighted by Crippen LogP contribution is -2.28. The molecule has 0 radical (unpaired) electrons. The molecule has 6 nitrogen and oxygen atoms in total. The number of thiocarbonyl (C=S) groups is 1. The number of hydrogen-bond donors (Lipinski definition) is 3. The van der Waals surface area contributed by atoms with Gasteiger partial charge in [-0.25, -0.2) is 4.79 Å². The van der Waals surface area contributed by atoms with Crippen molar-refractivity contribution in [3.63, 3.8) is 0 Å². The minimum Gasteiger partial charge on any atom is -0.447 e. The van der Waals surface area contributed by atoms with Crippen LogP contribution >= 0.6 is 12.2 Å². The van der Waals surface area contributed by atoms with Crippen molar-refractivity contribution in [2.24, 2.45) is 10.8 Å². The van der Waals surface area contributed by atoms with E-state index in [1.807, 2.05) is 30.3 Å². The number of nitrogens with one attached hydrogen (secondary N) is 2. The van der Waals surface area contributed by atoms with Gasteiger partial charge in [0, 0.05) is 6.54 Å². The molecule has 0 aromatic heterocycles. The van der Waals surface area contributed by atoms with Gasteiger partial charge in [-0.05, 0) is 44.5 Å². The minimum atomic E-state index is -0.408. The van der Waals surface area contributed by atoms with Crippen LogP contribution < -0.4 is 16.5 Å². The molecule has 0 heterocycles. The maximum absolute atomic E-state index is 11.4. The molecule has 1 aromatic rings. The summed E-state index contributed by atoms with van der Waals surface area (Å²) in [6.45, 7) is 4.12. The van der Waals surface area contributed by atoms with Crippen LogP contribution in [0.2, 0.25) is 0 Å². The van der Waals surface area contributed by atoms with E-state index in [9.17, 15) is 4.79 Å². The molecule has 120 valence electrons. The third kappa shape index (κ3) is 7.58. The highest BCUT2D eigenvalue weighted by atomic mass is 32.1. The second kappa shape index (κ2) is 9.73. The molecular weight excluding hydrogens is 300 g/mol. The minimum absolute atomic E-state index is 0.118. The number of ether oxygens (including phenoxy) is 1. The van der Waals surface area contributed by atoms with E-state index in [4.69, 9.17) is 22.7 Å². The van der Waals surface area contributed by atoms with Gasteiger partial charge in [0.25, 0.3) is 0 Å². The fourth-order valence-corrected chi connectivity index (χ4v) is 1.77. The van der Waals surface area contributed by atoms with Crippen molar-refractivity contribution in [2.45, 2.75) is 32.8 Å². The lowest BCUT2D eigenvalue weighted by Gasteiger charge is -2.10. The number of hydrazone groups is 1. The van der Waals surface area contributed by atoms with Crippen LogP contribution in [0.3, 0.4) is 0 Å². The van der Waals surface area contributed by atoms with Crippen molar-refractivity contribution in [3.05, 3.63) is 35.9 Å². The van der Waals surface area contributed by atoms with E-state index in [0.29, 0.717) is 13.0 Å². The van der Waals surface area contributed by atoms with Crippen LogP contribution in [-0.4, -0.2) is 29.6 Å². The molecule has 1 rings (SSSR count). The average molecular weight is 322 g/mol. The molecule has 0 saturated carbocycles. The molecule has 0 spiro atoms. The van der Waals surface area contributed by atoms with Crippen LogP contribution in [0.4, 0.5) is 4.79 Å². The van der Waals surface area contributed by atoms with Crippen LogP contribution in [0.15, 0.2) is 35.4 Å². The van der Waals surface area contributed by atoms with Gasteiger partial charge in [-0.2, -0.15) is 5.10 Å². The highest BCUT2D eigenvalue weighted by Crippen LogP contribution is 2.06. The van der Waals surface area contributed by atoms with Gasteiger partial charge in [0.2, 0.25) is 0 Å². The van der Waals surface area contributed by atoms with Gasteiger partial charge in [0.1, 0.15) is 0 Å². The number of carbonyl (C=O) groups excluding carboxylic acids is 1. The van der Waals surface area contributed by atoms with Crippen LogP contribution in [0.1, 0.15) is 32.3 Å². The predicted molar refractivity (Wildman–Crippen MR) is 91.8 cm³/mol. The maximum atomic E-state index is 11.4. The van der Waals surface area contributed by atoms with E-state index in [0.717, 1.165) is 17.7 Å². The Balaban J connectivity index is 2.51. The first kappa shape index (κ1) is 17.9. The van der Waals surface area contributed by atoms with E-state index in [2.05, 4.69) is 15.8 Å². The van der Waals surface area contributed by atoms with Crippen molar-refractivity contribution < 1.29 is 9.53 Å². The van der Waals surface area contributed by atoms with E-state index in [1.54, 1.807) is 13.8 Å². The molecule has 0 fully saturated rings. The van der Waals surface area contributed by atoms with Gasteiger partial charge in [-0.15, -0.1) is 0 Å². The van der Waals surface area contributed by atoms with Crippen LogP contribution in [-0.2, 0) is 4.74 Å². The maximum Gasteiger partial charge on any atom is 0.407 e. The van der Waals surface area contributed by atoms with Gasteiger partial charge in [-0.1, -0.05) is 30.3 Å². The second-order valence-electron chi connectivity index (χ2n) is 4.88. The standard InChI is InChI=1S/C15H22N4O2S/c1-11(2)21-15(20)17-10-6-9-13(18-19-14(16)22)12-7-4-3-5-8-12/h3-5,7-8,11H,6,9-10H2,1-2H3,(H,17,20)(H3,16,19,22). The molecule has 7 heteroatoms. The van der Waals surface area contributed by atoms with Crippen molar-refractivity contribution in [1.82, 2.24) is 10.7 Å². The third-order valence-electron chi connectivity index (χ3n) is 2.61. The zero-order valence-electron chi connectivity index (χ0n) is 12.8. The van der Waals surface area contributed by atoms with Crippen LogP contribution in [0, 0.1) is 0 Å². The van der Waals surface area contributed by atoms with Crippen LogP contribution in [0.5, 0.6) is 0 Å². The van der Waals surface area contributed by atoms with Crippen LogP contribution in [0.25, 0.3) is 0 Å². The topological polar surface area (TPSA) is 88.7 Å². The monoisotopic (exact) mass is 322 g/mol.